The highest BCUT2D eigenvalue weighted by molar-refractivity contribution is 6.28. The van der Waals surface area contributed by atoms with E-state index < -0.39 is 0 Å². The van der Waals surface area contributed by atoms with Crippen LogP contribution < -0.4 is 9.80 Å². The average Bonchev–Trinajstić information content (AvgIpc) is 4.13. The Morgan fingerprint density at radius 1 is 0.314 bits per heavy atom. The highest BCUT2D eigenvalue weighted by atomic mass is 16.3. The van der Waals surface area contributed by atoms with Gasteiger partial charge in [-0.3, -0.25) is 0 Å². The molecule has 0 aliphatic rings. The van der Waals surface area contributed by atoms with Crippen LogP contribution in [0.25, 0.3) is 98.5 Å². The van der Waals surface area contributed by atoms with E-state index in [4.69, 9.17) is 8.83 Å². The molecule has 0 saturated heterocycles. The zero-order valence-electron chi connectivity index (χ0n) is 39.1. The van der Waals surface area contributed by atoms with Crippen molar-refractivity contribution >= 4 is 133 Å². The third-order valence-corrected chi connectivity index (χ3v) is 14.7. The molecule has 0 saturated carbocycles. The highest BCUT2D eigenvalue weighted by Gasteiger charge is 2.30. The molecule has 0 aliphatic carbocycles. The molecule has 5 heterocycles. The molecule has 15 aromatic rings. The molecule has 0 unspecified atom stereocenters. The summed E-state index contributed by atoms with van der Waals surface area (Å²) in [5.41, 5.74) is 21.5. The van der Waals surface area contributed by atoms with Crippen molar-refractivity contribution in [3.05, 3.63) is 216 Å². The minimum absolute atomic E-state index is 0.860. The second-order valence-electron chi connectivity index (χ2n) is 19.2. The Kier molecular flexibility index (Phi) is 7.96. The summed E-state index contributed by atoms with van der Waals surface area (Å²) in [6.45, 7) is 8.74. The molecular weight excluding hydrogens is 857 g/mol. The Labute approximate surface area is 402 Å². The van der Waals surface area contributed by atoms with Gasteiger partial charge in [0.2, 0.25) is 0 Å². The van der Waals surface area contributed by atoms with Crippen LogP contribution in [0.4, 0.5) is 34.1 Å². The van der Waals surface area contributed by atoms with Gasteiger partial charge in [-0.25, -0.2) is 0 Å². The van der Waals surface area contributed by atoms with Gasteiger partial charge in [0.25, 0.3) is 0 Å². The predicted octanol–water partition coefficient (Wildman–Crippen LogP) is 18.2. The molecule has 0 N–H and O–H groups in total. The van der Waals surface area contributed by atoms with E-state index in [-0.39, 0.29) is 0 Å². The van der Waals surface area contributed by atoms with Crippen molar-refractivity contribution in [3.8, 4) is 0 Å². The van der Waals surface area contributed by atoms with E-state index in [1.807, 2.05) is 12.1 Å². The molecule has 6 heteroatoms. The van der Waals surface area contributed by atoms with Crippen LogP contribution in [0.3, 0.4) is 0 Å². The maximum Gasteiger partial charge on any atom is 0.159 e. The van der Waals surface area contributed by atoms with Crippen LogP contribution >= 0.6 is 0 Å². The minimum Gasteiger partial charge on any atom is -0.454 e. The lowest BCUT2D eigenvalue weighted by Crippen LogP contribution is -2.12. The molecule has 0 bridgehead atoms. The number of para-hydroxylation sites is 6. The van der Waals surface area contributed by atoms with Crippen molar-refractivity contribution in [2.24, 2.45) is 0 Å². The first-order chi connectivity index (χ1) is 34.4. The van der Waals surface area contributed by atoms with Crippen LogP contribution in [0.15, 0.2) is 203 Å². The van der Waals surface area contributed by atoms with Gasteiger partial charge in [-0.05, 0) is 135 Å². The Morgan fingerprint density at radius 2 is 0.686 bits per heavy atom. The molecule has 70 heavy (non-hydrogen) atoms. The molecule has 0 atom stereocenters. The monoisotopic (exact) mass is 900 g/mol. The first-order valence-corrected chi connectivity index (χ1v) is 24.1. The second-order valence-corrected chi connectivity index (χ2v) is 19.2. The van der Waals surface area contributed by atoms with Gasteiger partial charge in [0, 0.05) is 54.5 Å². The molecule has 332 valence electrons. The van der Waals surface area contributed by atoms with E-state index >= 15 is 0 Å². The zero-order chi connectivity index (χ0) is 46.5. The number of rotatable bonds is 6. The molecule has 6 nitrogen and oxygen atoms in total. The summed E-state index contributed by atoms with van der Waals surface area (Å²) in [7, 11) is 0. The third-order valence-electron chi connectivity index (χ3n) is 14.7. The van der Waals surface area contributed by atoms with Crippen molar-refractivity contribution in [3.63, 3.8) is 0 Å². The second kappa shape index (κ2) is 14.3. The summed E-state index contributed by atoms with van der Waals surface area (Å²) in [5, 5.41) is 9.12. The van der Waals surface area contributed by atoms with Gasteiger partial charge >= 0.3 is 0 Å². The van der Waals surface area contributed by atoms with Crippen LogP contribution in [0.5, 0.6) is 0 Å². The number of hydrogen-bond donors (Lipinski definition) is 0. The predicted molar refractivity (Wildman–Crippen MR) is 292 cm³/mol. The van der Waals surface area contributed by atoms with E-state index in [0.717, 1.165) is 111 Å². The number of aryl methyl sites for hydroxylation is 4. The number of fused-ring (bicyclic) bond motifs is 14. The van der Waals surface area contributed by atoms with E-state index in [1.165, 1.54) is 43.8 Å². The fourth-order valence-corrected chi connectivity index (χ4v) is 12.1. The van der Waals surface area contributed by atoms with E-state index in [0.29, 0.717) is 0 Å². The molecule has 0 amide bonds. The van der Waals surface area contributed by atoms with Crippen LogP contribution in [0.2, 0.25) is 0 Å². The van der Waals surface area contributed by atoms with E-state index in [2.05, 4.69) is 228 Å². The van der Waals surface area contributed by atoms with Gasteiger partial charge in [0.1, 0.15) is 11.2 Å². The van der Waals surface area contributed by atoms with Crippen molar-refractivity contribution in [1.29, 1.82) is 0 Å². The Hall–Kier alpha value is -9.00. The average molecular weight is 901 g/mol. The quantitative estimate of drug-likeness (QED) is 0.156. The smallest absolute Gasteiger partial charge is 0.159 e. The number of benzene rings is 10. The fourth-order valence-electron chi connectivity index (χ4n) is 12.1. The Bertz CT molecular complexity index is 4340. The molecule has 0 aliphatic heterocycles. The topological polar surface area (TPSA) is 41.6 Å². The van der Waals surface area contributed by atoms with Gasteiger partial charge in [-0.1, -0.05) is 109 Å². The number of hydrogen-bond acceptors (Lipinski definition) is 4. The Balaban J connectivity index is 1.08. The standard InChI is InChI=1S/C64H44N4O2/c1-37-31-38(2)34-41(33-37)65(55-23-13-19-45-43-15-7-11-25-57(43)69-63(45)55)51-27-29-53-61-59(51)47-17-5-9-21-49(47)67(61)54-30-28-52(60-48-18-6-10-22-50(48)68(53)62(54)60)66(42-35-39(3)32-40(4)36-42)56-24-14-20-46-44-16-8-12-26-58(44)70-64(46)56/h5-36H,1-4H3. The fraction of sp³-hybridized carbons (Fsp3) is 0.0625. The van der Waals surface area contributed by atoms with E-state index in [9.17, 15) is 0 Å². The lowest BCUT2D eigenvalue weighted by atomic mass is 10.0. The molecule has 0 radical (unpaired) electrons. The molecule has 10 aromatic carbocycles. The van der Waals surface area contributed by atoms with Gasteiger partial charge in [-0.2, -0.15) is 0 Å². The molecule has 5 aromatic heterocycles. The minimum atomic E-state index is 0.860. The van der Waals surface area contributed by atoms with Crippen LogP contribution in [0.1, 0.15) is 22.3 Å². The molecular formula is C64H44N4O2. The molecule has 15 rings (SSSR count). The van der Waals surface area contributed by atoms with Gasteiger partial charge < -0.3 is 27.4 Å². The SMILES string of the molecule is Cc1cc(C)cc(N(c2cccc3c2oc2ccccc23)c2ccc3c4c2c2ccccc2n4c2ccc(N(c4cc(C)cc(C)c4)c4cccc5c4oc4ccccc45)c4c5ccccc5n3c42)c1. The summed E-state index contributed by atoms with van der Waals surface area (Å²) >= 11 is 0. The maximum atomic E-state index is 6.84. The van der Waals surface area contributed by atoms with Crippen LogP contribution in [0, 0.1) is 27.7 Å². The normalized spacial score (nSPS) is 12.3. The number of anilines is 6. The molecule has 0 fully saturated rings. The van der Waals surface area contributed by atoms with Gasteiger partial charge in [0.05, 0.1) is 55.8 Å². The van der Waals surface area contributed by atoms with Crippen LogP contribution in [-0.2, 0) is 0 Å². The van der Waals surface area contributed by atoms with Gasteiger partial charge in [-0.15, -0.1) is 0 Å². The Morgan fingerprint density at radius 3 is 1.11 bits per heavy atom. The number of furan rings is 2. The summed E-state index contributed by atoms with van der Waals surface area (Å²) < 4.78 is 18.7. The van der Waals surface area contributed by atoms with Crippen molar-refractivity contribution in [2.75, 3.05) is 9.80 Å². The number of nitrogens with zero attached hydrogens (tertiary/aromatic N) is 4. The first-order valence-electron chi connectivity index (χ1n) is 24.1. The van der Waals surface area contributed by atoms with Crippen molar-refractivity contribution in [2.45, 2.75) is 27.7 Å². The lowest BCUT2D eigenvalue weighted by molar-refractivity contribution is 0.669. The number of aromatic nitrogens is 2. The highest BCUT2D eigenvalue weighted by Crippen LogP contribution is 2.52. The largest absolute Gasteiger partial charge is 0.454 e. The lowest BCUT2D eigenvalue weighted by Gasteiger charge is -2.28. The molecule has 0 spiro atoms. The summed E-state index contributed by atoms with van der Waals surface area (Å²) in [6.07, 6.45) is 0. The summed E-state index contributed by atoms with van der Waals surface area (Å²) in [5.74, 6) is 0. The van der Waals surface area contributed by atoms with Crippen molar-refractivity contribution in [1.82, 2.24) is 8.80 Å². The third kappa shape index (κ3) is 5.33. The summed E-state index contributed by atoms with van der Waals surface area (Å²) in [6, 6.07) is 70.8. The van der Waals surface area contributed by atoms with Crippen molar-refractivity contribution < 1.29 is 8.83 Å². The maximum absolute atomic E-state index is 6.84. The summed E-state index contributed by atoms with van der Waals surface area (Å²) in [4.78, 5) is 4.87. The van der Waals surface area contributed by atoms with E-state index in [1.54, 1.807) is 0 Å². The van der Waals surface area contributed by atoms with Crippen LogP contribution in [-0.4, -0.2) is 8.80 Å². The first kappa shape index (κ1) is 39.0. The zero-order valence-corrected chi connectivity index (χ0v) is 39.1. The van der Waals surface area contributed by atoms with Gasteiger partial charge in [0.15, 0.2) is 11.2 Å².